The van der Waals surface area contributed by atoms with Crippen LogP contribution < -0.4 is 5.32 Å². The Hall–Kier alpha value is -3.76. The quantitative estimate of drug-likeness (QED) is 0.508. The van der Waals surface area contributed by atoms with Gasteiger partial charge in [-0.1, -0.05) is 42.5 Å². The molecule has 1 heterocycles. The molecular formula is C22H16N2O4S. The Morgan fingerprint density at radius 1 is 0.966 bits per heavy atom. The van der Waals surface area contributed by atoms with Crippen LogP contribution in [0.4, 0.5) is 5.00 Å². The molecule has 1 aromatic heterocycles. The van der Waals surface area contributed by atoms with Gasteiger partial charge in [0.2, 0.25) is 0 Å². The van der Waals surface area contributed by atoms with Crippen molar-refractivity contribution in [2.24, 2.45) is 0 Å². The van der Waals surface area contributed by atoms with Crippen molar-refractivity contribution in [2.75, 3.05) is 12.4 Å². The molecule has 144 valence electrons. The number of rotatable bonds is 5. The van der Waals surface area contributed by atoms with Crippen LogP contribution in [-0.4, -0.2) is 24.8 Å². The summed E-state index contributed by atoms with van der Waals surface area (Å²) in [6.45, 7) is 1.63. The van der Waals surface area contributed by atoms with E-state index >= 15 is 0 Å². The van der Waals surface area contributed by atoms with E-state index in [2.05, 4.69) is 5.32 Å². The third-order valence-corrected chi connectivity index (χ3v) is 5.49. The smallest absolute Gasteiger partial charge is 0.348 e. The Labute approximate surface area is 171 Å². The molecule has 0 aliphatic carbocycles. The van der Waals surface area contributed by atoms with Gasteiger partial charge in [0.15, 0.2) is 5.78 Å². The van der Waals surface area contributed by atoms with Crippen molar-refractivity contribution >= 4 is 34.0 Å². The fourth-order valence-corrected chi connectivity index (χ4v) is 3.80. The number of hydrogen-bond acceptors (Lipinski definition) is 6. The second kappa shape index (κ2) is 8.50. The van der Waals surface area contributed by atoms with Crippen LogP contribution in [0.2, 0.25) is 0 Å². The highest BCUT2D eigenvalue weighted by Crippen LogP contribution is 2.33. The average Bonchev–Trinajstić information content (AvgIpc) is 3.08. The molecule has 0 fully saturated rings. The summed E-state index contributed by atoms with van der Waals surface area (Å²) in [5.41, 5.74) is 2.03. The average molecular weight is 404 g/mol. The third kappa shape index (κ3) is 4.08. The molecule has 1 N–H and O–H groups in total. The molecule has 1 amide bonds. The molecule has 2 aromatic carbocycles. The van der Waals surface area contributed by atoms with Gasteiger partial charge in [-0.25, -0.2) is 4.79 Å². The predicted molar refractivity (Wildman–Crippen MR) is 109 cm³/mol. The Morgan fingerprint density at radius 3 is 2.14 bits per heavy atom. The van der Waals surface area contributed by atoms with Crippen LogP contribution >= 0.6 is 11.3 Å². The van der Waals surface area contributed by atoms with Gasteiger partial charge in [0.05, 0.1) is 12.7 Å². The number of ether oxygens (including phenoxy) is 1. The molecular weight excluding hydrogens is 388 g/mol. The minimum atomic E-state index is -0.562. The number of nitrogens with one attached hydrogen (secondary N) is 1. The van der Waals surface area contributed by atoms with Gasteiger partial charge in [0.1, 0.15) is 15.9 Å². The van der Waals surface area contributed by atoms with Gasteiger partial charge in [0.25, 0.3) is 5.91 Å². The van der Waals surface area contributed by atoms with Gasteiger partial charge in [0, 0.05) is 16.7 Å². The predicted octanol–water partition coefficient (Wildman–Crippen LogP) is 4.20. The highest BCUT2D eigenvalue weighted by Gasteiger charge is 2.22. The van der Waals surface area contributed by atoms with Crippen LogP contribution in [0, 0.1) is 18.3 Å². The number of thiophene rings is 1. The van der Waals surface area contributed by atoms with Gasteiger partial charge < -0.3 is 10.1 Å². The van der Waals surface area contributed by atoms with E-state index < -0.39 is 11.9 Å². The number of ketones is 1. The lowest BCUT2D eigenvalue weighted by Crippen LogP contribution is -2.12. The Bertz CT molecular complexity index is 1130. The van der Waals surface area contributed by atoms with Crippen LogP contribution in [0.15, 0.2) is 54.6 Å². The maximum atomic E-state index is 12.6. The maximum absolute atomic E-state index is 12.6. The van der Waals surface area contributed by atoms with Crippen molar-refractivity contribution in [1.29, 1.82) is 5.26 Å². The van der Waals surface area contributed by atoms with Crippen molar-refractivity contribution in [3.05, 3.63) is 87.3 Å². The van der Waals surface area contributed by atoms with Crippen molar-refractivity contribution < 1.29 is 19.1 Å². The summed E-state index contributed by atoms with van der Waals surface area (Å²) in [6.07, 6.45) is 0. The second-order valence-electron chi connectivity index (χ2n) is 6.09. The zero-order valence-electron chi connectivity index (χ0n) is 15.7. The Balaban J connectivity index is 1.81. The largest absolute Gasteiger partial charge is 0.465 e. The second-order valence-corrected chi connectivity index (χ2v) is 7.11. The fourth-order valence-electron chi connectivity index (χ4n) is 2.73. The number of nitrogens with zero attached hydrogens (tertiary/aromatic N) is 1. The van der Waals surface area contributed by atoms with E-state index in [1.807, 2.05) is 12.1 Å². The fraction of sp³-hybridized carbons (Fsp3) is 0.0909. The molecule has 0 bridgehead atoms. The molecule has 29 heavy (non-hydrogen) atoms. The first-order valence-electron chi connectivity index (χ1n) is 8.59. The molecule has 0 saturated carbocycles. The summed E-state index contributed by atoms with van der Waals surface area (Å²) in [7, 11) is 1.25. The Morgan fingerprint density at radius 2 is 1.55 bits per heavy atom. The van der Waals surface area contributed by atoms with Crippen molar-refractivity contribution in [1.82, 2.24) is 0 Å². The number of amides is 1. The highest BCUT2D eigenvalue weighted by molar-refractivity contribution is 7.18. The summed E-state index contributed by atoms with van der Waals surface area (Å²) in [6, 6.07) is 17.1. The SMILES string of the molecule is COC(=O)c1sc(NC(=O)c2ccc(C(=O)c3ccccc3)cc2)c(C#N)c1C. The monoisotopic (exact) mass is 404 g/mol. The first-order chi connectivity index (χ1) is 14.0. The number of anilines is 1. The summed E-state index contributed by atoms with van der Waals surface area (Å²) < 4.78 is 4.71. The zero-order chi connectivity index (χ0) is 21.0. The first-order valence-corrected chi connectivity index (χ1v) is 9.41. The molecule has 0 aliphatic rings. The molecule has 3 rings (SSSR count). The number of hydrogen-bond donors (Lipinski definition) is 1. The summed E-state index contributed by atoms with van der Waals surface area (Å²) in [4.78, 5) is 37.1. The van der Waals surface area contributed by atoms with Crippen LogP contribution in [0.25, 0.3) is 0 Å². The van der Waals surface area contributed by atoms with E-state index in [0.717, 1.165) is 11.3 Å². The zero-order valence-corrected chi connectivity index (χ0v) is 16.5. The van der Waals surface area contributed by atoms with Crippen LogP contribution in [0.3, 0.4) is 0 Å². The third-order valence-electron chi connectivity index (χ3n) is 4.30. The van der Waals surface area contributed by atoms with Crippen LogP contribution in [0.5, 0.6) is 0 Å². The number of nitriles is 1. The molecule has 0 saturated heterocycles. The van der Waals surface area contributed by atoms with Gasteiger partial charge in [-0.05, 0) is 24.6 Å². The molecule has 0 radical (unpaired) electrons. The maximum Gasteiger partial charge on any atom is 0.348 e. The number of carbonyl (C=O) groups is 3. The molecule has 0 spiro atoms. The number of methoxy groups -OCH3 is 1. The van der Waals surface area contributed by atoms with Gasteiger partial charge in [-0.2, -0.15) is 5.26 Å². The molecule has 0 atom stereocenters. The molecule has 0 unspecified atom stereocenters. The van der Waals surface area contributed by atoms with Crippen LogP contribution in [-0.2, 0) is 4.74 Å². The summed E-state index contributed by atoms with van der Waals surface area (Å²) >= 11 is 0.989. The number of benzene rings is 2. The number of carbonyl (C=O) groups excluding carboxylic acids is 3. The van der Waals surface area contributed by atoms with Crippen molar-refractivity contribution in [3.8, 4) is 6.07 Å². The van der Waals surface area contributed by atoms with E-state index in [9.17, 15) is 19.6 Å². The van der Waals surface area contributed by atoms with E-state index in [0.29, 0.717) is 22.3 Å². The summed E-state index contributed by atoms with van der Waals surface area (Å²) in [5.74, 6) is -1.15. The normalized spacial score (nSPS) is 10.1. The number of esters is 1. The van der Waals surface area contributed by atoms with Gasteiger partial charge >= 0.3 is 5.97 Å². The summed E-state index contributed by atoms with van der Waals surface area (Å²) in [5, 5.41) is 12.3. The first kappa shape index (κ1) is 20.0. The van der Waals surface area contributed by atoms with Crippen LogP contribution in [0.1, 0.15) is 47.1 Å². The molecule has 6 nitrogen and oxygen atoms in total. The molecule has 0 aliphatic heterocycles. The minimum absolute atomic E-state index is 0.138. The lowest BCUT2D eigenvalue weighted by atomic mass is 10.0. The molecule has 7 heteroatoms. The lowest BCUT2D eigenvalue weighted by molar-refractivity contribution is 0.0605. The molecule has 3 aromatic rings. The van der Waals surface area contributed by atoms with Gasteiger partial charge in [-0.15, -0.1) is 11.3 Å². The van der Waals surface area contributed by atoms with Crippen molar-refractivity contribution in [2.45, 2.75) is 6.92 Å². The Kier molecular flexibility index (Phi) is 5.86. The van der Waals surface area contributed by atoms with E-state index in [-0.39, 0.29) is 21.2 Å². The van der Waals surface area contributed by atoms with E-state index in [4.69, 9.17) is 4.74 Å². The topological polar surface area (TPSA) is 96.3 Å². The lowest BCUT2D eigenvalue weighted by Gasteiger charge is -2.05. The van der Waals surface area contributed by atoms with Crippen molar-refractivity contribution in [3.63, 3.8) is 0 Å². The van der Waals surface area contributed by atoms with E-state index in [1.165, 1.54) is 7.11 Å². The standard InChI is InChI=1S/C22H16N2O4S/c1-13-17(12-23)21(29-19(13)22(27)28-2)24-20(26)16-10-8-15(9-11-16)18(25)14-6-4-3-5-7-14/h3-11H,1-2H3,(H,24,26). The van der Waals surface area contributed by atoms with E-state index in [1.54, 1.807) is 55.5 Å². The minimum Gasteiger partial charge on any atom is -0.465 e. The van der Waals surface area contributed by atoms with Gasteiger partial charge in [-0.3, -0.25) is 9.59 Å². The highest BCUT2D eigenvalue weighted by atomic mass is 32.1.